The smallest absolute Gasteiger partial charge is 0.364 e. The van der Waals surface area contributed by atoms with Gasteiger partial charge in [-0.3, -0.25) is 0 Å². The molecule has 0 amide bonds. The number of carboxylic acid groups (broad SMARTS) is 1. The Labute approximate surface area is 154 Å². The molecule has 1 aliphatic rings. The molecule has 0 atom stereocenters. The standard InChI is InChI=1S/C21H40O4/c1-4-5-6-7-8-9-10-11-12-13-14-15-16-17-18-21(19(22)23)24-20(2,3)25-21/h4-18H2,1-3H3,(H,22,23). The van der Waals surface area contributed by atoms with Crippen LogP contribution in [-0.2, 0) is 14.3 Å². The van der Waals surface area contributed by atoms with Crippen LogP contribution in [0.25, 0.3) is 0 Å². The quantitative estimate of drug-likeness (QED) is 0.324. The molecule has 0 aromatic heterocycles. The summed E-state index contributed by atoms with van der Waals surface area (Å²) in [5.74, 6) is -3.14. The fraction of sp³-hybridized carbons (Fsp3) is 0.952. The van der Waals surface area contributed by atoms with Gasteiger partial charge in [0.2, 0.25) is 0 Å². The van der Waals surface area contributed by atoms with Crippen LogP contribution in [0.15, 0.2) is 0 Å². The minimum absolute atomic E-state index is 0.448. The topological polar surface area (TPSA) is 55.8 Å². The Kier molecular flexibility index (Phi) is 10.7. The van der Waals surface area contributed by atoms with E-state index >= 15 is 0 Å². The molecule has 0 radical (unpaired) electrons. The number of aliphatic carboxylic acids is 1. The second-order valence-electron chi connectivity index (χ2n) is 8.01. The van der Waals surface area contributed by atoms with Crippen LogP contribution >= 0.6 is 0 Å². The van der Waals surface area contributed by atoms with E-state index in [1.54, 1.807) is 13.8 Å². The fourth-order valence-corrected chi connectivity index (χ4v) is 3.65. The summed E-state index contributed by atoms with van der Waals surface area (Å²) >= 11 is 0. The molecule has 25 heavy (non-hydrogen) atoms. The van der Waals surface area contributed by atoms with Crippen molar-refractivity contribution >= 4 is 5.97 Å². The van der Waals surface area contributed by atoms with E-state index in [1.165, 1.54) is 77.0 Å². The van der Waals surface area contributed by atoms with Crippen molar-refractivity contribution < 1.29 is 19.4 Å². The molecule has 4 heteroatoms. The molecule has 0 saturated carbocycles. The average molecular weight is 357 g/mol. The molecule has 0 unspecified atom stereocenters. The lowest BCUT2D eigenvalue weighted by Gasteiger charge is -2.49. The molecule has 1 N–H and O–H groups in total. The first kappa shape index (κ1) is 22.4. The minimum Gasteiger partial charge on any atom is -0.477 e. The molecule has 1 heterocycles. The first-order chi connectivity index (χ1) is 11.9. The number of ether oxygens (including phenoxy) is 2. The van der Waals surface area contributed by atoms with Gasteiger partial charge in [-0.15, -0.1) is 0 Å². The van der Waals surface area contributed by atoms with E-state index in [1.807, 2.05) is 0 Å². The van der Waals surface area contributed by atoms with Crippen LogP contribution in [0.1, 0.15) is 117 Å². The monoisotopic (exact) mass is 356 g/mol. The summed E-state index contributed by atoms with van der Waals surface area (Å²) in [4.78, 5) is 11.3. The van der Waals surface area contributed by atoms with Crippen molar-refractivity contribution in [3.63, 3.8) is 0 Å². The van der Waals surface area contributed by atoms with E-state index in [9.17, 15) is 9.90 Å². The summed E-state index contributed by atoms with van der Waals surface area (Å²) in [5, 5.41) is 9.27. The molecule has 0 aliphatic carbocycles. The third kappa shape index (κ3) is 9.05. The van der Waals surface area contributed by atoms with Gasteiger partial charge >= 0.3 is 5.97 Å². The number of unbranched alkanes of at least 4 members (excludes halogenated alkanes) is 13. The summed E-state index contributed by atoms with van der Waals surface area (Å²) < 4.78 is 10.9. The lowest BCUT2D eigenvalue weighted by atomic mass is 10.0. The highest BCUT2D eigenvalue weighted by Crippen LogP contribution is 2.41. The van der Waals surface area contributed by atoms with Crippen molar-refractivity contribution in [3.8, 4) is 0 Å². The number of carbonyl (C=O) groups is 1. The molecule has 148 valence electrons. The van der Waals surface area contributed by atoms with Crippen molar-refractivity contribution in [1.82, 2.24) is 0 Å². The molecular weight excluding hydrogens is 316 g/mol. The zero-order chi connectivity index (χ0) is 18.6. The molecule has 0 aromatic rings. The van der Waals surface area contributed by atoms with Crippen molar-refractivity contribution in [2.24, 2.45) is 0 Å². The summed E-state index contributed by atoms with van der Waals surface area (Å²) in [7, 11) is 0. The second-order valence-corrected chi connectivity index (χ2v) is 8.01. The lowest BCUT2D eigenvalue weighted by molar-refractivity contribution is -0.481. The normalized spacial score (nSPS) is 18.0. The summed E-state index contributed by atoms with van der Waals surface area (Å²) in [6, 6.07) is 0. The van der Waals surface area contributed by atoms with Crippen molar-refractivity contribution in [2.75, 3.05) is 0 Å². The average Bonchev–Trinajstić information content (AvgIpc) is 2.52. The predicted octanol–water partition coefficient (Wildman–Crippen LogP) is 6.42. The van der Waals surface area contributed by atoms with Gasteiger partial charge in [-0.2, -0.15) is 0 Å². The van der Waals surface area contributed by atoms with Gasteiger partial charge in [0.25, 0.3) is 5.79 Å². The van der Waals surface area contributed by atoms with Gasteiger partial charge in [-0.1, -0.05) is 90.4 Å². The van der Waals surface area contributed by atoms with Crippen LogP contribution in [-0.4, -0.2) is 22.7 Å². The van der Waals surface area contributed by atoms with Crippen molar-refractivity contribution in [1.29, 1.82) is 0 Å². The van der Waals surface area contributed by atoms with Gasteiger partial charge in [-0.05, 0) is 20.3 Å². The van der Waals surface area contributed by atoms with Gasteiger partial charge in [-0.25, -0.2) is 4.79 Å². The van der Waals surface area contributed by atoms with Gasteiger partial charge in [0, 0.05) is 6.42 Å². The van der Waals surface area contributed by atoms with E-state index < -0.39 is 17.5 Å². The highest BCUT2D eigenvalue weighted by Gasteiger charge is 2.57. The van der Waals surface area contributed by atoms with Crippen molar-refractivity contribution in [2.45, 2.75) is 129 Å². The van der Waals surface area contributed by atoms with E-state index in [-0.39, 0.29) is 0 Å². The van der Waals surface area contributed by atoms with Gasteiger partial charge in [0.15, 0.2) is 5.79 Å². The van der Waals surface area contributed by atoms with Gasteiger partial charge in [0.05, 0.1) is 0 Å². The number of hydrogen-bond acceptors (Lipinski definition) is 3. The SMILES string of the molecule is CCCCCCCCCCCCCCCCC1(C(=O)O)OC(C)(C)O1. The molecule has 0 bridgehead atoms. The third-order valence-corrected chi connectivity index (χ3v) is 5.01. The molecule has 1 aliphatic heterocycles. The lowest BCUT2D eigenvalue weighted by Crippen LogP contribution is -2.63. The van der Waals surface area contributed by atoms with Crippen LogP contribution in [0, 0.1) is 0 Å². The van der Waals surface area contributed by atoms with E-state index in [0.717, 1.165) is 12.8 Å². The minimum atomic E-state index is -1.39. The molecule has 0 spiro atoms. The Balaban J connectivity index is 1.87. The van der Waals surface area contributed by atoms with Crippen LogP contribution in [0.2, 0.25) is 0 Å². The van der Waals surface area contributed by atoms with Crippen LogP contribution in [0.3, 0.4) is 0 Å². The number of carboxylic acids is 1. The summed E-state index contributed by atoms with van der Waals surface area (Å²) in [6.07, 6.45) is 18.5. The zero-order valence-electron chi connectivity index (χ0n) is 16.8. The van der Waals surface area contributed by atoms with Crippen LogP contribution in [0.5, 0.6) is 0 Å². The number of hydrogen-bond donors (Lipinski definition) is 1. The Morgan fingerprint density at radius 1 is 0.720 bits per heavy atom. The molecule has 1 rings (SSSR count). The highest BCUT2D eigenvalue weighted by atomic mass is 16.9. The van der Waals surface area contributed by atoms with Crippen LogP contribution in [0.4, 0.5) is 0 Å². The largest absolute Gasteiger partial charge is 0.477 e. The molecule has 0 aromatic carbocycles. The Morgan fingerprint density at radius 3 is 1.40 bits per heavy atom. The summed E-state index contributed by atoms with van der Waals surface area (Å²) in [6.45, 7) is 5.76. The number of rotatable bonds is 16. The molecule has 1 fully saturated rings. The Bertz CT molecular complexity index is 357. The van der Waals surface area contributed by atoms with E-state index in [2.05, 4.69) is 6.92 Å². The second kappa shape index (κ2) is 11.9. The Morgan fingerprint density at radius 2 is 1.08 bits per heavy atom. The van der Waals surface area contributed by atoms with Crippen LogP contribution < -0.4 is 0 Å². The maximum Gasteiger partial charge on any atom is 0.364 e. The van der Waals surface area contributed by atoms with Crippen molar-refractivity contribution in [3.05, 3.63) is 0 Å². The predicted molar refractivity (Wildman–Crippen MR) is 102 cm³/mol. The fourth-order valence-electron chi connectivity index (χ4n) is 3.65. The van der Waals surface area contributed by atoms with E-state index in [4.69, 9.17) is 9.47 Å². The first-order valence-corrected chi connectivity index (χ1v) is 10.6. The maximum atomic E-state index is 11.3. The van der Waals surface area contributed by atoms with Gasteiger partial charge < -0.3 is 14.6 Å². The third-order valence-electron chi connectivity index (χ3n) is 5.01. The maximum absolute atomic E-state index is 11.3. The summed E-state index contributed by atoms with van der Waals surface area (Å²) in [5.41, 5.74) is 0. The molecule has 4 nitrogen and oxygen atoms in total. The van der Waals surface area contributed by atoms with Gasteiger partial charge in [0.1, 0.15) is 0 Å². The first-order valence-electron chi connectivity index (χ1n) is 10.6. The zero-order valence-corrected chi connectivity index (χ0v) is 16.8. The molecular formula is C21H40O4. The Hall–Kier alpha value is -0.610. The molecule has 1 saturated heterocycles. The van der Waals surface area contributed by atoms with E-state index in [0.29, 0.717) is 6.42 Å². The highest BCUT2D eigenvalue weighted by molar-refractivity contribution is 5.76.